The predicted molar refractivity (Wildman–Crippen MR) is 59.3 cm³/mol. The molecule has 2 heteroatoms. The summed E-state index contributed by atoms with van der Waals surface area (Å²) in [5.41, 5.74) is 8.76. The summed E-state index contributed by atoms with van der Waals surface area (Å²) in [5, 5.41) is 9.69. The van der Waals surface area contributed by atoms with E-state index in [2.05, 4.69) is 26.0 Å². The SMILES string of the molecule is Cc1ccc(C(C)C)cc1C(O)CN. The highest BCUT2D eigenvalue weighted by molar-refractivity contribution is 5.34. The highest BCUT2D eigenvalue weighted by Gasteiger charge is 2.10. The van der Waals surface area contributed by atoms with E-state index in [1.165, 1.54) is 5.56 Å². The van der Waals surface area contributed by atoms with E-state index >= 15 is 0 Å². The molecule has 0 aliphatic rings. The number of benzene rings is 1. The number of aryl methyl sites for hydroxylation is 1. The van der Waals surface area contributed by atoms with Gasteiger partial charge in [0, 0.05) is 6.54 Å². The normalized spacial score (nSPS) is 13.3. The Labute approximate surface area is 85.8 Å². The fourth-order valence-electron chi connectivity index (χ4n) is 1.50. The fourth-order valence-corrected chi connectivity index (χ4v) is 1.50. The summed E-state index contributed by atoms with van der Waals surface area (Å²) >= 11 is 0. The third-order valence-electron chi connectivity index (χ3n) is 2.55. The lowest BCUT2D eigenvalue weighted by Gasteiger charge is -2.14. The van der Waals surface area contributed by atoms with Crippen LogP contribution in [0.2, 0.25) is 0 Å². The van der Waals surface area contributed by atoms with Crippen LogP contribution in [-0.2, 0) is 0 Å². The van der Waals surface area contributed by atoms with Gasteiger partial charge in [0.25, 0.3) is 0 Å². The highest BCUT2D eigenvalue weighted by atomic mass is 16.3. The second kappa shape index (κ2) is 4.58. The van der Waals surface area contributed by atoms with Crippen molar-refractivity contribution in [1.82, 2.24) is 0 Å². The second-order valence-corrected chi connectivity index (χ2v) is 4.02. The molecule has 0 aliphatic carbocycles. The molecule has 1 aromatic carbocycles. The van der Waals surface area contributed by atoms with E-state index in [-0.39, 0.29) is 6.54 Å². The van der Waals surface area contributed by atoms with E-state index in [4.69, 9.17) is 5.73 Å². The Kier molecular flexibility index (Phi) is 3.67. The summed E-state index contributed by atoms with van der Waals surface area (Å²) in [7, 11) is 0. The molecule has 0 heterocycles. The summed E-state index contributed by atoms with van der Waals surface area (Å²) in [6.07, 6.45) is -0.534. The zero-order chi connectivity index (χ0) is 10.7. The maximum atomic E-state index is 9.69. The van der Waals surface area contributed by atoms with E-state index in [1.807, 2.05) is 13.0 Å². The van der Waals surface area contributed by atoms with Crippen LogP contribution < -0.4 is 5.73 Å². The highest BCUT2D eigenvalue weighted by Crippen LogP contribution is 2.22. The molecular weight excluding hydrogens is 174 g/mol. The lowest BCUT2D eigenvalue weighted by Crippen LogP contribution is -2.13. The van der Waals surface area contributed by atoms with Crippen LogP contribution in [0.15, 0.2) is 18.2 Å². The summed E-state index contributed by atoms with van der Waals surface area (Å²) in [5.74, 6) is 0.485. The Balaban J connectivity index is 3.08. The van der Waals surface area contributed by atoms with Gasteiger partial charge in [-0.05, 0) is 29.5 Å². The van der Waals surface area contributed by atoms with Gasteiger partial charge in [0.1, 0.15) is 0 Å². The van der Waals surface area contributed by atoms with E-state index in [9.17, 15) is 5.11 Å². The molecule has 14 heavy (non-hydrogen) atoms. The third-order valence-corrected chi connectivity index (χ3v) is 2.55. The van der Waals surface area contributed by atoms with Crippen LogP contribution in [0.1, 0.15) is 42.6 Å². The Morgan fingerprint density at radius 2 is 2.00 bits per heavy atom. The number of hydrogen-bond donors (Lipinski definition) is 2. The van der Waals surface area contributed by atoms with Crippen molar-refractivity contribution in [3.05, 3.63) is 34.9 Å². The van der Waals surface area contributed by atoms with Crippen LogP contribution >= 0.6 is 0 Å². The molecule has 0 fully saturated rings. The minimum atomic E-state index is -0.534. The van der Waals surface area contributed by atoms with Crippen molar-refractivity contribution in [2.24, 2.45) is 5.73 Å². The van der Waals surface area contributed by atoms with Crippen LogP contribution in [0.5, 0.6) is 0 Å². The molecule has 0 amide bonds. The van der Waals surface area contributed by atoms with Crippen molar-refractivity contribution < 1.29 is 5.11 Å². The Morgan fingerprint density at radius 1 is 1.36 bits per heavy atom. The largest absolute Gasteiger partial charge is 0.387 e. The van der Waals surface area contributed by atoms with Crippen LogP contribution in [0.4, 0.5) is 0 Å². The lowest BCUT2D eigenvalue weighted by atomic mass is 9.95. The number of rotatable bonds is 3. The molecule has 0 aliphatic heterocycles. The first-order valence-corrected chi connectivity index (χ1v) is 5.04. The van der Waals surface area contributed by atoms with Gasteiger partial charge in [-0.1, -0.05) is 32.0 Å². The van der Waals surface area contributed by atoms with Gasteiger partial charge in [0.05, 0.1) is 6.10 Å². The van der Waals surface area contributed by atoms with Crippen molar-refractivity contribution in [2.75, 3.05) is 6.54 Å². The first-order valence-electron chi connectivity index (χ1n) is 5.04. The Morgan fingerprint density at radius 3 is 2.50 bits per heavy atom. The van der Waals surface area contributed by atoms with Crippen LogP contribution in [-0.4, -0.2) is 11.7 Å². The Bertz CT molecular complexity index is 307. The molecule has 0 saturated carbocycles. The number of aliphatic hydroxyl groups is 1. The predicted octanol–water partition coefficient (Wildman–Crippen LogP) is 2.11. The van der Waals surface area contributed by atoms with E-state index < -0.39 is 6.10 Å². The van der Waals surface area contributed by atoms with Crippen molar-refractivity contribution in [3.8, 4) is 0 Å². The first-order chi connectivity index (χ1) is 6.56. The third kappa shape index (κ3) is 2.34. The van der Waals surface area contributed by atoms with Crippen molar-refractivity contribution in [1.29, 1.82) is 0 Å². The van der Waals surface area contributed by atoms with E-state index in [0.29, 0.717) is 5.92 Å². The average molecular weight is 193 g/mol. The van der Waals surface area contributed by atoms with Crippen molar-refractivity contribution >= 4 is 0 Å². The molecule has 0 saturated heterocycles. The molecule has 1 unspecified atom stereocenters. The van der Waals surface area contributed by atoms with Gasteiger partial charge >= 0.3 is 0 Å². The molecule has 1 atom stereocenters. The van der Waals surface area contributed by atoms with Gasteiger partial charge in [-0.15, -0.1) is 0 Å². The molecule has 0 bridgehead atoms. The molecule has 0 spiro atoms. The van der Waals surface area contributed by atoms with E-state index in [0.717, 1.165) is 11.1 Å². The minimum absolute atomic E-state index is 0.280. The summed E-state index contributed by atoms with van der Waals surface area (Å²) in [6.45, 7) is 6.56. The maximum Gasteiger partial charge on any atom is 0.0914 e. The zero-order valence-electron chi connectivity index (χ0n) is 9.12. The summed E-state index contributed by atoms with van der Waals surface area (Å²) in [4.78, 5) is 0. The molecule has 1 rings (SSSR count). The monoisotopic (exact) mass is 193 g/mol. The topological polar surface area (TPSA) is 46.2 Å². The standard InChI is InChI=1S/C12H19NO/c1-8(2)10-5-4-9(3)11(6-10)12(14)7-13/h4-6,8,12,14H,7,13H2,1-3H3. The molecule has 2 nitrogen and oxygen atoms in total. The molecule has 0 aromatic heterocycles. The number of aliphatic hydroxyl groups excluding tert-OH is 1. The molecule has 3 N–H and O–H groups in total. The number of hydrogen-bond acceptors (Lipinski definition) is 2. The van der Waals surface area contributed by atoms with Gasteiger partial charge in [-0.25, -0.2) is 0 Å². The zero-order valence-corrected chi connectivity index (χ0v) is 9.12. The van der Waals surface area contributed by atoms with Gasteiger partial charge in [-0.3, -0.25) is 0 Å². The fraction of sp³-hybridized carbons (Fsp3) is 0.500. The molecule has 78 valence electrons. The lowest BCUT2D eigenvalue weighted by molar-refractivity contribution is 0.186. The first kappa shape index (κ1) is 11.2. The minimum Gasteiger partial charge on any atom is -0.387 e. The molecule has 1 aromatic rings. The maximum absolute atomic E-state index is 9.69. The smallest absolute Gasteiger partial charge is 0.0914 e. The van der Waals surface area contributed by atoms with Gasteiger partial charge in [0.2, 0.25) is 0 Å². The number of nitrogens with two attached hydrogens (primary N) is 1. The molecule has 0 radical (unpaired) electrons. The van der Waals surface area contributed by atoms with Crippen molar-refractivity contribution in [3.63, 3.8) is 0 Å². The van der Waals surface area contributed by atoms with E-state index in [1.54, 1.807) is 0 Å². The average Bonchev–Trinajstić information content (AvgIpc) is 2.17. The van der Waals surface area contributed by atoms with Crippen LogP contribution in [0.3, 0.4) is 0 Å². The van der Waals surface area contributed by atoms with Crippen LogP contribution in [0, 0.1) is 6.92 Å². The summed E-state index contributed by atoms with van der Waals surface area (Å²) in [6, 6.07) is 6.20. The quantitative estimate of drug-likeness (QED) is 0.772. The van der Waals surface area contributed by atoms with Gasteiger partial charge < -0.3 is 10.8 Å². The molecular formula is C12H19NO. The van der Waals surface area contributed by atoms with Gasteiger partial charge in [0.15, 0.2) is 0 Å². The van der Waals surface area contributed by atoms with Crippen LogP contribution in [0.25, 0.3) is 0 Å². The Hall–Kier alpha value is -0.860. The second-order valence-electron chi connectivity index (χ2n) is 4.02. The van der Waals surface area contributed by atoms with Gasteiger partial charge in [-0.2, -0.15) is 0 Å². The summed E-state index contributed by atoms with van der Waals surface area (Å²) < 4.78 is 0. The van der Waals surface area contributed by atoms with Crippen molar-refractivity contribution in [2.45, 2.75) is 32.8 Å².